The van der Waals surface area contributed by atoms with Crippen molar-refractivity contribution in [2.24, 2.45) is 0 Å². The van der Waals surface area contributed by atoms with Crippen LogP contribution in [0, 0.1) is 0 Å². The van der Waals surface area contributed by atoms with Crippen LogP contribution >= 0.6 is 7.82 Å². The van der Waals surface area contributed by atoms with E-state index in [0.29, 0.717) is 30.3 Å². The lowest BCUT2D eigenvalue weighted by molar-refractivity contribution is -0.870. The van der Waals surface area contributed by atoms with E-state index in [0.717, 1.165) is 109 Å². The molecule has 0 spiro atoms. The predicted molar refractivity (Wildman–Crippen MR) is 297 cm³/mol. The summed E-state index contributed by atoms with van der Waals surface area (Å²) in [5.41, 5.74) is 0. The summed E-state index contributed by atoms with van der Waals surface area (Å²) in [6.07, 6.45) is 74.5. The minimum atomic E-state index is -4.42. The Bertz CT molecular complexity index is 1730. The molecule has 10 heteroatoms. The van der Waals surface area contributed by atoms with Crippen molar-refractivity contribution in [2.45, 2.75) is 161 Å². The van der Waals surface area contributed by atoms with Crippen LogP contribution in [-0.2, 0) is 32.7 Å². The summed E-state index contributed by atoms with van der Waals surface area (Å²) in [4.78, 5) is 35.6. The molecule has 0 amide bonds. The average molecular weight is 989 g/mol. The standard InChI is InChI=1S/C60H94NO8P/c1-6-8-10-12-14-16-18-20-22-24-26-28-30-32-34-36-38-40-42-44-46-48-50-52-59(62)66-56-58(57-68-70(64,65)67-55-54-61(3,4)5)69-60(63)53-51-49-47-45-43-41-39-37-35-33-31-29-27-25-23-21-19-17-15-13-11-9-7-2/h8-11,14-17,20-23,26-29,32-35,38-41,45,47,58H,6-7,12-13,18-19,24-25,30-31,36-37,42-44,46,48-57H2,1-5H3/p+1/b10-8-,11-9-,16-14-,17-15-,22-20-,23-21-,28-26-,29-27-,34-32-,35-33-,40-38-,41-39-,47-45-. The maximum absolute atomic E-state index is 12.8. The van der Waals surface area contributed by atoms with Crippen LogP contribution in [0.2, 0.25) is 0 Å². The number of esters is 2. The molecule has 1 N–H and O–H groups in total. The second kappa shape index (κ2) is 49.6. The first-order valence-electron chi connectivity index (χ1n) is 26.2. The SMILES string of the molecule is CC/C=C\C/C=C\C/C=C\C/C=C\C/C=C\C/C=C\C/C=C\CCCC(=O)OC(COC(=O)CCCCCC/C=C\C/C=C\C/C=C\C/C=C\C/C=C\C/C=C\CC)COP(=O)(O)OCC[N+](C)(C)C. The first-order chi connectivity index (χ1) is 34.0. The first kappa shape index (κ1) is 65.6. The molecule has 2 unspecified atom stereocenters. The summed E-state index contributed by atoms with van der Waals surface area (Å²) in [5, 5.41) is 0. The molecule has 70 heavy (non-hydrogen) atoms. The van der Waals surface area contributed by atoms with E-state index in [1.165, 1.54) is 0 Å². The third-order valence-electron chi connectivity index (χ3n) is 10.1. The van der Waals surface area contributed by atoms with Gasteiger partial charge in [-0.1, -0.05) is 185 Å². The van der Waals surface area contributed by atoms with E-state index in [1.807, 2.05) is 27.2 Å². The Morgan fingerprint density at radius 3 is 1.17 bits per heavy atom. The number of rotatable bonds is 45. The van der Waals surface area contributed by atoms with E-state index < -0.39 is 32.5 Å². The number of carbonyl (C=O) groups is 2. The number of likely N-dealkylation sites (N-methyl/N-ethyl adjacent to an activating group) is 1. The highest BCUT2D eigenvalue weighted by atomic mass is 31.2. The van der Waals surface area contributed by atoms with Crippen molar-refractivity contribution in [1.82, 2.24) is 0 Å². The molecule has 0 radical (unpaired) electrons. The summed E-state index contributed by atoms with van der Waals surface area (Å²) in [7, 11) is 1.39. The third kappa shape index (κ3) is 53.0. The van der Waals surface area contributed by atoms with E-state index in [2.05, 4.69) is 166 Å². The molecule has 0 aliphatic carbocycles. The van der Waals surface area contributed by atoms with Crippen LogP contribution in [0.3, 0.4) is 0 Å². The Hall–Kier alpha value is -4.37. The normalized spacial score (nSPS) is 14.7. The van der Waals surface area contributed by atoms with Crippen molar-refractivity contribution in [3.8, 4) is 0 Å². The van der Waals surface area contributed by atoms with Gasteiger partial charge in [0.05, 0.1) is 27.7 Å². The summed E-state index contributed by atoms with van der Waals surface area (Å²) in [5.74, 6) is -0.915. The Morgan fingerprint density at radius 1 is 0.443 bits per heavy atom. The number of phosphoric ester groups is 1. The topological polar surface area (TPSA) is 108 Å². The van der Waals surface area contributed by atoms with E-state index >= 15 is 0 Å². The van der Waals surface area contributed by atoms with Crippen LogP contribution in [0.4, 0.5) is 0 Å². The van der Waals surface area contributed by atoms with Gasteiger partial charge in [-0.05, 0) is 116 Å². The fourth-order valence-electron chi connectivity index (χ4n) is 6.06. The highest BCUT2D eigenvalue weighted by Gasteiger charge is 2.27. The Balaban J connectivity index is 4.46. The third-order valence-corrected chi connectivity index (χ3v) is 11.0. The zero-order chi connectivity index (χ0) is 51.3. The van der Waals surface area contributed by atoms with Gasteiger partial charge in [0.2, 0.25) is 0 Å². The number of hydrogen-bond acceptors (Lipinski definition) is 7. The molecule has 2 atom stereocenters. The van der Waals surface area contributed by atoms with Crippen molar-refractivity contribution in [3.63, 3.8) is 0 Å². The minimum Gasteiger partial charge on any atom is -0.462 e. The molecular formula is C60H95NO8P+. The molecule has 9 nitrogen and oxygen atoms in total. The Labute approximate surface area is 426 Å². The number of quaternary nitrogens is 1. The number of carbonyl (C=O) groups excluding carboxylic acids is 2. The van der Waals surface area contributed by atoms with Crippen LogP contribution < -0.4 is 0 Å². The molecule has 0 bridgehead atoms. The Kier molecular flexibility index (Phi) is 46.5. The van der Waals surface area contributed by atoms with E-state index in [1.54, 1.807) is 0 Å². The monoisotopic (exact) mass is 989 g/mol. The van der Waals surface area contributed by atoms with Crippen molar-refractivity contribution < 1.29 is 42.1 Å². The van der Waals surface area contributed by atoms with E-state index in [-0.39, 0.29) is 26.1 Å². The van der Waals surface area contributed by atoms with Gasteiger partial charge in [-0.15, -0.1) is 0 Å². The van der Waals surface area contributed by atoms with Crippen LogP contribution in [-0.4, -0.2) is 74.9 Å². The molecule has 0 aromatic carbocycles. The van der Waals surface area contributed by atoms with Crippen molar-refractivity contribution in [2.75, 3.05) is 47.5 Å². The predicted octanol–water partition coefficient (Wildman–Crippen LogP) is 16.1. The molecule has 0 heterocycles. The van der Waals surface area contributed by atoms with Gasteiger partial charge in [0.15, 0.2) is 6.10 Å². The van der Waals surface area contributed by atoms with Gasteiger partial charge in [-0.2, -0.15) is 0 Å². The van der Waals surface area contributed by atoms with Gasteiger partial charge in [0, 0.05) is 12.8 Å². The Morgan fingerprint density at radius 2 is 0.786 bits per heavy atom. The fraction of sp³-hybridized carbons (Fsp3) is 0.533. The molecule has 0 fully saturated rings. The molecule has 0 aromatic rings. The second-order valence-corrected chi connectivity index (χ2v) is 19.2. The van der Waals surface area contributed by atoms with Gasteiger partial charge >= 0.3 is 19.8 Å². The largest absolute Gasteiger partial charge is 0.472 e. The highest BCUT2D eigenvalue weighted by molar-refractivity contribution is 7.47. The summed E-state index contributed by atoms with van der Waals surface area (Å²) in [6.45, 7) is 4.06. The lowest BCUT2D eigenvalue weighted by Gasteiger charge is -2.24. The lowest BCUT2D eigenvalue weighted by Crippen LogP contribution is -2.37. The lowest BCUT2D eigenvalue weighted by atomic mass is 10.1. The second-order valence-electron chi connectivity index (χ2n) is 17.8. The van der Waals surface area contributed by atoms with Gasteiger partial charge in [0.25, 0.3) is 0 Å². The van der Waals surface area contributed by atoms with Gasteiger partial charge in [-0.3, -0.25) is 18.6 Å². The maximum atomic E-state index is 12.8. The van der Waals surface area contributed by atoms with Crippen molar-refractivity contribution in [3.05, 3.63) is 158 Å². The fourth-order valence-corrected chi connectivity index (χ4v) is 6.80. The highest BCUT2D eigenvalue weighted by Crippen LogP contribution is 2.43. The molecule has 392 valence electrons. The van der Waals surface area contributed by atoms with Gasteiger partial charge < -0.3 is 18.9 Å². The minimum absolute atomic E-state index is 0.00567. The number of hydrogen-bond donors (Lipinski definition) is 1. The van der Waals surface area contributed by atoms with E-state index in [4.69, 9.17) is 18.5 Å². The first-order valence-corrected chi connectivity index (χ1v) is 27.7. The summed E-state index contributed by atoms with van der Waals surface area (Å²) in [6, 6.07) is 0. The number of phosphoric acid groups is 1. The summed E-state index contributed by atoms with van der Waals surface area (Å²) < 4.78 is 34.4. The molecular weight excluding hydrogens is 894 g/mol. The molecule has 0 aliphatic rings. The molecule has 0 saturated heterocycles. The molecule has 0 aliphatic heterocycles. The zero-order valence-electron chi connectivity index (χ0n) is 44.2. The number of ether oxygens (including phenoxy) is 2. The molecule has 0 aromatic heterocycles. The van der Waals surface area contributed by atoms with Gasteiger partial charge in [-0.25, -0.2) is 4.57 Å². The van der Waals surface area contributed by atoms with Crippen LogP contribution in [0.15, 0.2) is 158 Å². The molecule has 0 saturated carbocycles. The number of nitrogens with zero attached hydrogens (tertiary/aromatic N) is 1. The quantitative estimate of drug-likeness (QED) is 0.0211. The average Bonchev–Trinajstić information content (AvgIpc) is 3.32. The molecule has 0 rings (SSSR count). The summed E-state index contributed by atoms with van der Waals surface area (Å²) >= 11 is 0. The van der Waals surface area contributed by atoms with Crippen LogP contribution in [0.1, 0.15) is 155 Å². The van der Waals surface area contributed by atoms with Crippen LogP contribution in [0.5, 0.6) is 0 Å². The smallest absolute Gasteiger partial charge is 0.462 e. The van der Waals surface area contributed by atoms with Crippen LogP contribution in [0.25, 0.3) is 0 Å². The van der Waals surface area contributed by atoms with E-state index in [9.17, 15) is 19.0 Å². The number of unbranched alkanes of at least 4 members (excludes halogenated alkanes) is 5. The van der Waals surface area contributed by atoms with Crippen molar-refractivity contribution in [1.29, 1.82) is 0 Å². The maximum Gasteiger partial charge on any atom is 0.472 e. The van der Waals surface area contributed by atoms with Gasteiger partial charge in [0.1, 0.15) is 19.8 Å². The number of allylic oxidation sites excluding steroid dienone is 26. The van der Waals surface area contributed by atoms with Crippen molar-refractivity contribution >= 4 is 19.8 Å². The zero-order valence-corrected chi connectivity index (χ0v) is 45.1.